The number of halogens is 4. The van der Waals surface area contributed by atoms with Gasteiger partial charge in [-0.2, -0.15) is 13.2 Å². The van der Waals surface area contributed by atoms with Crippen LogP contribution >= 0.6 is 0 Å². The quantitative estimate of drug-likeness (QED) is 0.567. The number of aromatic nitrogens is 1. The highest BCUT2D eigenvalue weighted by Gasteiger charge is 2.35. The topological polar surface area (TPSA) is 115 Å². The number of aliphatic imine (C=N–C) groups is 1. The van der Waals surface area contributed by atoms with Gasteiger partial charge in [0.05, 0.1) is 34.5 Å². The lowest BCUT2D eigenvalue weighted by Gasteiger charge is -2.17. The monoisotopic (exact) mass is 461 g/mol. The molecule has 1 aliphatic rings. The van der Waals surface area contributed by atoms with Gasteiger partial charge in [-0.25, -0.2) is 4.39 Å². The van der Waals surface area contributed by atoms with Crippen molar-refractivity contribution >= 4 is 34.3 Å². The van der Waals surface area contributed by atoms with Crippen LogP contribution in [0.5, 0.6) is 0 Å². The lowest BCUT2D eigenvalue weighted by molar-refractivity contribution is -0.140. The number of alkyl halides is 3. The maximum atomic E-state index is 13.8. The van der Waals surface area contributed by atoms with E-state index in [1.165, 1.54) is 22.8 Å². The lowest BCUT2D eigenvalue weighted by Crippen LogP contribution is -2.24. The first kappa shape index (κ1) is 22.2. The summed E-state index contributed by atoms with van der Waals surface area (Å²) in [5.41, 5.74) is 4.47. The van der Waals surface area contributed by atoms with Crippen molar-refractivity contribution in [1.82, 2.24) is 4.57 Å². The zero-order valence-corrected chi connectivity index (χ0v) is 16.7. The van der Waals surface area contributed by atoms with E-state index in [-0.39, 0.29) is 52.1 Å². The standard InChI is InChI=1S/C22H15F4N3O4/c23-13-5-4-10(6-12(13)22(24,25)26)9-29-15-3-1-2-11(21(27)33)18(15)19-16(30)8-28-14(20(19)29)7-17(31)32/h1-6H,7-9H2,(H2,27,33)(H,31,32). The highest BCUT2D eigenvalue weighted by Crippen LogP contribution is 2.35. The number of nitrogens with two attached hydrogens (primary N) is 1. The Kier molecular flexibility index (Phi) is 5.27. The minimum absolute atomic E-state index is 0.00233. The number of hydrogen-bond acceptors (Lipinski definition) is 4. The minimum Gasteiger partial charge on any atom is -0.481 e. The molecule has 1 aromatic heterocycles. The molecule has 0 bridgehead atoms. The number of carboxylic acid groups (broad SMARTS) is 1. The van der Waals surface area contributed by atoms with Crippen molar-refractivity contribution in [2.75, 3.05) is 6.54 Å². The van der Waals surface area contributed by atoms with Gasteiger partial charge in [-0.05, 0) is 29.8 Å². The number of amides is 1. The van der Waals surface area contributed by atoms with Crippen LogP contribution in [-0.4, -0.2) is 39.6 Å². The van der Waals surface area contributed by atoms with Crippen LogP contribution in [0.1, 0.15) is 44.0 Å². The Labute approximate surface area is 183 Å². The Hall–Kier alpha value is -4.02. The smallest absolute Gasteiger partial charge is 0.419 e. The number of benzene rings is 2. The summed E-state index contributed by atoms with van der Waals surface area (Å²) >= 11 is 0. The van der Waals surface area contributed by atoms with Gasteiger partial charge in [-0.3, -0.25) is 19.4 Å². The van der Waals surface area contributed by atoms with Crippen LogP contribution in [0.2, 0.25) is 0 Å². The molecule has 0 saturated carbocycles. The second kappa shape index (κ2) is 7.84. The van der Waals surface area contributed by atoms with Crippen molar-refractivity contribution in [3.8, 4) is 0 Å². The molecule has 0 saturated heterocycles. The number of rotatable bonds is 5. The Balaban J connectivity index is 2.01. The molecule has 2 aromatic carbocycles. The molecule has 1 amide bonds. The predicted molar refractivity (Wildman–Crippen MR) is 109 cm³/mol. The van der Waals surface area contributed by atoms with Gasteiger partial charge in [0, 0.05) is 17.5 Å². The summed E-state index contributed by atoms with van der Waals surface area (Å²) < 4.78 is 54.8. The highest BCUT2D eigenvalue weighted by atomic mass is 19.4. The molecule has 4 rings (SSSR count). The van der Waals surface area contributed by atoms with E-state index < -0.39 is 41.6 Å². The number of fused-ring (bicyclic) bond motifs is 3. The van der Waals surface area contributed by atoms with Crippen LogP contribution in [-0.2, 0) is 17.5 Å². The first-order valence-electron chi connectivity index (χ1n) is 9.58. The summed E-state index contributed by atoms with van der Waals surface area (Å²) in [6.45, 7) is -0.625. The van der Waals surface area contributed by atoms with Crippen molar-refractivity contribution in [2.24, 2.45) is 10.7 Å². The molecule has 1 aliphatic heterocycles. The number of carbonyl (C=O) groups excluding carboxylic acids is 2. The first-order chi connectivity index (χ1) is 15.5. The molecule has 3 N–H and O–H groups in total. The minimum atomic E-state index is -4.93. The van der Waals surface area contributed by atoms with Crippen LogP contribution in [0.4, 0.5) is 17.6 Å². The summed E-state index contributed by atoms with van der Waals surface area (Å²) in [5.74, 6) is -4.00. The summed E-state index contributed by atoms with van der Waals surface area (Å²) in [4.78, 5) is 40.3. The number of hydrogen-bond donors (Lipinski definition) is 2. The molecule has 0 unspecified atom stereocenters. The molecule has 3 aromatic rings. The fourth-order valence-corrected chi connectivity index (χ4v) is 4.02. The number of carbonyl (C=O) groups is 3. The molecule has 7 nitrogen and oxygen atoms in total. The van der Waals surface area contributed by atoms with Crippen molar-refractivity contribution in [3.05, 3.63) is 70.2 Å². The molecule has 11 heteroatoms. The maximum absolute atomic E-state index is 13.8. The van der Waals surface area contributed by atoms with Crippen LogP contribution in [0.15, 0.2) is 41.4 Å². The molecular formula is C22H15F4N3O4. The van der Waals surface area contributed by atoms with E-state index in [9.17, 15) is 37.1 Å². The number of ketones is 1. The number of aliphatic carboxylic acids is 1. The van der Waals surface area contributed by atoms with Crippen LogP contribution in [0, 0.1) is 5.82 Å². The summed E-state index contributed by atoms with van der Waals surface area (Å²) in [7, 11) is 0. The summed E-state index contributed by atoms with van der Waals surface area (Å²) in [6, 6.07) is 6.88. The van der Waals surface area contributed by atoms with Crippen LogP contribution in [0.25, 0.3) is 10.9 Å². The van der Waals surface area contributed by atoms with E-state index in [2.05, 4.69) is 4.99 Å². The third-order valence-corrected chi connectivity index (χ3v) is 5.32. The highest BCUT2D eigenvalue weighted by molar-refractivity contribution is 6.26. The van der Waals surface area contributed by atoms with Crippen LogP contribution < -0.4 is 5.73 Å². The molecule has 0 radical (unpaired) electrons. The molecule has 0 aliphatic carbocycles. The second-order valence-electron chi connectivity index (χ2n) is 7.44. The van der Waals surface area contributed by atoms with Crippen molar-refractivity contribution < 1.29 is 37.1 Å². The molecule has 0 spiro atoms. The van der Waals surface area contributed by atoms with Crippen molar-refractivity contribution in [2.45, 2.75) is 19.1 Å². The van der Waals surface area contributed by atoms with Gasteiger partial charge in [0.1, 0.15) is 12.4 Å². The van der Waals surface area contributed by atoms with Gasteiger partial charge < -0.3 is 15.4 Å². The van der Waals surface area contributed by atoms with Gasteiger partial charge in [0.15, 0.2) is 5.78 Å². The lowest BCUT2D eigenvalue weighted by atomic mass is 9.96. The number of carboxylic acids is 1. The largest absolute Gasteiger partial charge is 0.481 e. The van der Waals surface area contributed by atoms with Gasteiger partial charge >= 0.3 is 12.1 Å². The fourth-order valence-electron chi connectivity index (χ4n) is 4.02. The third kappa shape index (κ3) is 3.86. The molecule has 2 heterocycles. The Morgan fingerprint density at radius 3 is 2.55 bits per heavy atom. The second-order valence-corrected chi connectivity index (χ2v) is 7.44. The first-order valence-corrected chi connectivity index (χ1v) is 9.58. The Bertz CT molecular complexity index is 1370. The van der Waals surface area contributed by atoms with Gasteiger partial charge in [0.25, 0.3) is 0 Å². The van der Waals surface area contributed by atoms with Crippen molar-refractivity contribution in [1.29, 1.82) is 0 Å². The maximum Gasteiger partial charge on any atom is 0.419 e. The van der Waals surface area contributed by atoms with E-state index in [1.807, 2.05) is 0 Å². The molecule has 0 fully saturated rings. The van der Waals surface area contributed by atoms with E-state index in [4.69, 9.17) is 5.73 Å². The molecular weight excluding hydrogens is 446 g/mol. The van der Waals surface area contributed by atoms with E-state index in [1.54, 1.807) is 0 Å². The Morgan fingerprint density at radius 1 is 1.18 bits per heavy atom. The van der Waals surface area contributed by atoms with Gasteiger partial charge in [0.2, 0.25) is 5.91 Å². The SMILES string of the molecule is NC(=O)c1cccc2c1c1c(n2Cc2ccc(F)c(C(F)(F)F)c2)C(CC(=O)O)=NCC1=O. The van der Waals surface area contributed by atoms with E-state index >= 15 is 0 Å². The zero-order chi connectivity index (χ0) is 24.1. The molecule has 33 heavy (non-hydrogen) atoms. The zero-order valence-electron chi connectivity index (χ0n) is 16.7. The predicted octanol–water partition coefficient (Wildman–Crippen LogP) is 3.41. The third-order valence-electron chi connectivity index (χ3n) is 5.32. The van der Waals surface area contributed by atoms with E-state index in [0.717, 1.165) is 6.07 Å². The molecule has 170 valence electrons. The van der Waals surface area contributed by atoms with Crippen LogP contribution in [0.3, 0.4) is 0 Å². The van der Waals surface area contributed by atoms with E-state index in [0.29, 0.717) is 12.1 Å². The van der Waals surface area contributed by atoms with Gasteiger partial charge in [-0.15, -0.1) is 0 Å². The van der Waals surface area contributed by atoms with Crippen molar-refractivity contribution in [3.63, 3.8) is 0 Å². The summed E-state index contributed by atoms with van der Waals surface area (Å²) in [6.07, 6.45) is -5.48. The average molecular weight is 461 g/mol. The normalized spacial score (nSPS) is 13.7. The average Bonchev–Trinajstić information content (AvgIpc) is 3.05. The number of Topliss-reactive ketones (excluding diaryl/α,β-unsaturated/α-hetero) is 1. The number of primary amides is 1. The Morgan fingerprint density at radius 2 is 1.91 bits per heavy atom. The molecule has 0 atom stereocenters. The number of nitrogens with zero attached hydrogens (tertiary/aromatic N) is 2. The summed E-state index contributed by atoms with van der Waals surface area (Å²) in [5, 5.41) is 9.46. The van der Waals surface area contributed by atoms with Gasteiger partial charge in [-0.1, -0.05) is 12.1 Å². The fraction of sp³-hybridized carbons (Fsp3) is 0.182.